The van der Waals surface area contributed by atoms with Crippen molar-refractivity contribution in [1.82, 2.24) is 10.1 Å². The first-order chi connectivity index (χ1) is 6.81. The molecule has 0 saturated carbocycles. The van der Waals surface area contributed by atoms with Gasteiger partial charge in [0.05, 0.1) is 5.56 Å². The van der Waals surface area contributed by atoms with Crippen molar-refractivity contribution in [3.05, 3.63) is 24.0 Å². The number of hydrogen-bond acceptors (Lipinski definition) is 4. The van der Waals surface area contributed by atoms with Crippen molar-refractivity contribution in [2.75, 3.05) is 20.2 Å². The minimum atomic E-state index is 0.475. The van der Waals surface area contributed by atoms with Crippen LogP contribution in [0.15, 0.2) is 17.2 Å². The van der Waals surface area contributed by atoms with Crippen molar-refractivity contribution >= 4 is 0 Å². The second kappa shape index (κ2) is 3.84. The van der Waals surface area contributed by atoms with Gasteiger partial charge in [-0.25, -0.2) is 0 Å². The van der Waals surface area contributed by atoms with Gasteiger partial charge in [-0.05, 0) is 12.2 Å². The fraction of sp³-hybridized carbons (Fsp3) is 0.500. The predicted molar refractivity (Wildman–Crippen MR) is 52.2 cm³/mol. The van der Waals surface area contributed by atoms with Crippen LogP contribution in [0.2, 0.25) is 0 Å². The molecule has 1 aliphatic rings. The van der Waals surface area contributed by atoms with E-state index < -0.39 is 0 Å². The summed E-state index contributed by atoms with van der Waals surface area (Å²) < 4.78 is 10.6. The number of likely N-dealkylation sites (N-methyl/N-ethyl adjacent to an activating group) is 1. The van der Waals surface area contributed by atoms with E-state index in [1.807, 2.05) is 0 Å². The van der Waals surface area contributed by atoms with Crippen LogP contribution in [0.4, 0.5) is 0 Å². The second-order valence-electron chi connectivity index (χ2n) is 3.48. The van der Waals surface area contributed by atoms with Crippen LogP contribution in [0.5, 0.6) is 5.88 Å². The molecule has 0 aliphatic carbocycles. The van der Waals surface area contributed by atoms with Crippen molar-refractivity contribution in [2.24, 2.45) is 0 Å². The van der Waals surface area contributed by atoms with Crippen LogP contribution >= 0.6 is 0 Å². The lowest BCUT2D eigenvalue weighted by Gasteiger charge is -2.20. The molecule has 0 spiro atoms. The van der Waals surface area contributed by atoms with Crippen LogP contribution in [-0.4, -0.2) is 30.3 Å². The van der Waals surface area contributed by atoms with Crippen LogP contribution in [0.3, 0.4) is 0 Å². The highest BCUT2D eigenvalue weighted by Gasteiger charge is 2.22. The molecule has 0 unspecified atom stereocenters. The first kappa shape index (κ1) is 9.27. The van der Waals surface area contributed by atoms with Gasteiger partial charge in [0, 0.05) is 19.5 Å². The third kappa shape index (κ3) is 1.65. The van der Waals surface area contributed by atoms with Crippen LogP contribution in [0.25, 0.3) is 0 Å². The molecule has 0 amide bonds. The summed E-state index contributed by atoms with van der Waals surface area (Å²) in [4.78, 5) is 2.22. The molecule has 0 radical (unpaired) electrons. The zero-order valence-electron chi connectivity index (χ0n) is 8.32. The maximum atomic E-state index is 5.39. The monoisotopic (exact) mass is 194 g/mol. The molecule has 0 N–H and O–H groups in total. The average molecular weight is 194 g/mol. The molecule has 2 rings (SSSR count). The second-order valence-corrected chi connectivity index (χ2v) is 3.48. The molecule has 1 aromatic rings. The van der Waals surface area contributed by atoms with E-state index >= 15 is 0 Å². The van der Waals surface area contributed by atoms with Crippen LogP contribution < -0.4 is 4.74 Å². The largest absolute Gasteiger partial charge is 0.471 e. The minimum absolute atomic E-state index is 0.475. The summed E-state index contributed by atoms with van der Waals surface area (Å²) in [6, 6.07) is 0. The van der Waals surface area contributed by atoms with Crippen molar-refractivity contribution in [3.8, 4) is 5.88 Å². The Hall–Kier alpha value is -1.29. The highest BCUT2D eigenvalue weighted by atomic mass is 16.5. The number of nitrogens with zero attached hydrogens (tertiary/aromatic N) is 2. The Morgan fingerprint density at radius 2 is 2.57 bits per heavy atom. The highest BCUT2D eigenvalue weighted by Crippen LogP contribution is 2.26. The number of fused-ring (bicyclic) bond motifs is 1. The average Bonchev–Trinajstić information content (AvgIpc) is 2.57. The van der Waals surface area contributed by atoms with Crippen LogP contribution in [0, 0.1) is 0 Å². The third-order valence-electron chi connectivity index (χ3n) is 2.32. The van der Waals surface area contributed by atoms with Crippen LogP contribution in [-0.2, 0) is 13.0 Å². The molecule has 2 heterocycles. The Labute approximate surface area is 83.1 Å². The Kier molecular flexibility index (Phi) is 2.54. The molecule has 0 aromatic carbocycles. The van der Waals surface area contributed by atoms with Gasteiger partial charge in [-0.15, -0.1) is 0 Å². The third-order valence-corrected chi connectivity index (χ3v) is 2.32. The Morgan fingerprint density at radius 3 is 3.36 bits per heavy atom. The van der Waals surface area contributed by atoms with Crippen molar-refractivity contribution in [2.45, 2.75) is 13.0 Å². The maximum absolute atomic E-state index is 5.39. The van der Waals surface area contributed by atoms with E-state index in [9.17, 15) is 0 Å². The topological polar surface area (TPSA) is 38.5 Å². The summed E-state index contributed by atoms with van der Waals surface area (Å²) in [7, 11) is 2.08. The van der Waals surface area contributed by atoms with E-state index in [0.29, 0.717) is 12.5 Å². The minimum Gasteiger partial charge on any atom is -0.471 e. The van der Waals surface area contributed by atoms with E-state index in [1.165, 1.54) is 0 Å². The molecule has 0 bridgehead atoms. The number of ether oxygens (including phenoxy) is 1. The molecule has 76 valence electrons. The van der Waals surface area contributed by atoms with Gasteiger partial charge in [0.2, 0.25) is 0 Å². The van der Waals surface area contributed by atoms with Gasteiger partial charge < -0.3 is 14.2 Å². The summed E-state index contributed by atoms with van der Waals surface area (Å²) in [5.41, 5.74) is 1.08. The first-order valence-electron chi connectivity index (χ1n) is 4.71. The zero-order chi connectivity index (χ0) is 9.97. The summed E-state index contributed by atoms with van der Waals surface area (Å²) >= 11 is 0. The van der Waals surface area contributed by atoms with E-state index in [-0.39, 0.29) is 0 Å². The summed E-state index contributed by atoms with van der Waals surface area (Å²) in [6.45, 7) is 5.94. The molecule has 0 fully saturated rings. The molecule has 0 saturated heterocycles. The quantitative estimate of drug-likeness (QED) is 0.678. The molecular formula is C10H14N2O2. The first-order valence-corrected chi connectivity index (χ1v) is 4.71. The SMILES string of the molecule is C=CCOc1noc2c1CN(C)CC2. The van der Waals surface area contributed by atoms with Crippen molar-refractivity contribution in [3.63, 3.8) is 0 Å². The lowest BCUT2D eigenvalue weighted by atomic mass is 10.1. The fourth-order valence-electron chi connectivity index (χ4n) is 1.57. The van der Waals surface area contributed by atoms with E-state index in [4.69, 9.17) is 9.26 Å². The van der Waals surface area contributed by atoms with Crippen molar-refractivity contribution < 1.29 is 9.26 Å². The Morgan fingerprint density at radius 1 is 1.71 bits per heavy atom. The summed E-state index contributed by atoms with van der Waals surface area (Å²) in [6.07, 6.45) is 2.61. The molecule has 1 aromatic heterocycles. The molecular weight excluding hydrogens is 180 g/mol. The van der Waals surface area contributed by atoms with Gasteiger partial charge in [-0.3, -0.25) is 0 Å². The standard InChI is InChI=1S/C10H14N2O2/c1-3-6-13-10-8-7-12(2)5-4-9(8)14-11-10/h3H,1,4-7H2,2H3. The fourth-order valence-corrected chi connectivity index (χ4v) is 1.57. The number of hydrogen-bond donors (Lipinski definition) is 0. The van der Waals surface area contributed by atoms with E-state index in [0.717, 1.165) is 30.8 Å². The maximum Gasteiger partial charge on any atom is 0.259 e. The van der Waals surface area contributed by atoms with Crippen molar-refractivity contribution in [1.29, 1.82) is 0 Å². The van der Waals surface area contributed by atoms with Gasteiger partial charge in [-0.1, -0.05) is 12.7 Å². The summed E-state index contributed by atoms with van der Waals surface area (Å²) in [5.74, 6) is 1.58. The molecule has 4 nitrogen and oxygen atoms in total. The van der Waals surface area contributed by atoms with Gasteiger partial charge in [-0.2, -0.15) is 0 Å². The molecule has 0 atom stereocenters. The van der Waals surface area contributed by atoms with Gasteiger partial charge >= 0.3 is 0 Å². The Bertz CT molecular complexity index is 333. The predicted octanol–water partition coefficient (Wildman–Crippen LogP) is 1.23. The lowest BCUT2D eigenvalue weighted by Crippen LogP contribution is -2.25. The molecule has 14 heavy (non-hydrogen) atoms. The van der Waals surface area contributed by atoms with E-state index in [1.54, 1.807) is 6.08 Å². The van der Waals surface area contributed by atoms with Gasteiger partial charge in [0.25, 0.3) is 5.88 Å². The zero-order valence-corrected chi connectivity index (χ0v) is 8.32. The van der Waals surface area contributed by atoms with Gasteiger partial charge in [0.1, 0.15) is 12.4 Å². The molecule has 1 aliphatic heterocycles. The smallest absolute Gasteiger partial charge is 0.259 e. The highest BCUT2D eigenvalue weighted by molar-refractivity contribution is 5.30. The normalized spacial score (nSPS) is 16.4. The molecule has 4 heteroatoms. The Balaban J connectivity index is 2.17. The van der Waals surface area contributed by atoms with E-state index in [2.05, 4.69) is 23.7 Å². The lowest BCUT2D eigenvalue weighted by molar-refractivity contribution is 0.281. The van der Waals surface area contributed by atoms with Gasteiger partial charge in [0.15, 0.2) is 0 Å². The van der Waals surface area contributed by atoms with Crippen LogP contribution in [0.1, 0.15) is 11.3 Å². The number of aromatic nitrogens is 1. The number of rotatable bonds is 3. The summed E-state index contributed by atoms with van der Waals surface area (Å²) in [5, 5.41) is 3.90.